The Labute approximate surface area is 219 Å². The Bertz CT molecular complexity index is 1070. The van der Waals surface area contributed by atoms with E-state index in [4.69, 9.17) is 9.72 Å². The van der Waals surface area contributed by atoms with Crippen molar-refractivity contribution in [3.05, 3.63) is 82.5 Å². The van der Waals surface area contributed by atoms with E-state index in [1.807, 2.05) is 0 Å². The van der Waals surface area contributed by atoms with Gasteiger partial charge in [-0.1, -0.05) is 88.6 Å². The van der Waals surface area contributed by atoms with E-state index in [-0.39, 0.29) is 6.10 Å². The minimum Gasteiger partial charge on any atom is -0.491 e. The van der Waals surface area contributed by atoms with E-state index in [9.17, 15) is 0 Å². The van der Waals surface area contributed by atoms with Gasteiger partial charge in [-0.2, -0.15) is 0 Å². The highest BCUT2D eigenvalue weighted by Gasteiger charge is 2.22. The normalized spacial score (nSPS) is 12.4. The van der Waals surface area contributed by atoms with Crippen LogP contribution in [0, 0.1) is 6.92 Å². The van der Waals surface area contributed by atoms with Crippen molar-refractivity contribution in [2.45, 2.75) is 98.8 Å². The van der Waals surface area contributed by atoms with Crippen molar-refractivity contribution in [1.29, 1.82) is 0 Å². The quantitative estimate of drug-likeness (QED) is 0.226. The number of rotatable bonds is 13. The molecule has 3 nitrogen and oxygen atoms in total. The number of hydrogen-bond donors (Lipinski definition) is 0. The standard InChI is InChI=1S/C33H46N2O/c1-8-11-13-21-31(28-17-14-12-15-18-28)35(7)23-29-25(6)34-30(22-32(29)36-24(4)5)33-26(9-2)19-16-20-27(33)10-3/h12,14-20,22,24,31H,8-11,13,21,23H2,1-7H3. The van der Waals surface area contributed by atoms with Crippen LogP contribution >= 0.6 is 0 Å². The molecule has 0 aliphatic carbocycles. The fourth-order valence-electron chi connectivity index (χ4n) is 5.19. The van der Waals surface area contributed by atoms with Crippen LogP contribution in [-0.4, -0.2) is 23.0 Å². The predicted molar refractivity (Wildman–Crippen MR) is 154 cm³/mol. The third-order valence-corrected chi connectivity index (χ3v) is 7.11. The summed E-state index contributed by atoms with van der Waals surface area (Å²) in [6.45, 7) is 13.9. The molecule has 0 radical (unpaired) electrons. The summed E-state index contributed by atoms with van der Waals surface area (Å²) in [5, 5.41) is 0. The number of benzene rings is 2. The minimum atomic E-state index is 0.102. The molecule has 1 unspecified atom stereocenters. The van der Waals surface area contributed by atoms with E-state index in [1.54, 1.807) is 0 Å². The monoisotopic (exact) mass is 486 g/mol. The number of unbranched alkanes of at least 4 members (excludes halogenated alkanes) is 2. The Kier molecular flexibility index (Phi) is 10.6. The molecule has 0 spiro atoms. The maximum Gasteiger partial charge on any atom is 0.128 e. The summed E-state index contributed by atoms with van der Waals surface area (Å²) in [5.74, 6) is 0.965. The van der Waals surface area contributed by atoms with Crippen LogP contribution in [0.15, 0.2) is 54.6 Å². The lowest BCUT2D eigenvalue weighted by atomic mass is 9.93. The molecule has 1 heterocycles. The molecule has 0 saturated carbocycles. The summed E-state index contributed by atoms with van der Waals surface area (Å²) < 4.78 is 6.45. The summed E-state index contributed by atoms with van der Waals surface area (Å²) in [5.41, 5.74) is 8.64. The van der Waals surface area contributed by atoms with Crippen molar-refractivity contribution in [2.24, 2.45) is 0 Å². The van der Waals surface area contributed by atoms with E-state index < -0.39 is 0 Å². The molecule has 0 aliphatic rings. The van der Waals surface area contributed by atoms with Gasteiger partial charge in [0.25, 0.3) is 0 Å². The van der Waals surface area contributed by atoms with Crippen LogP contribution in [0.4, 0.5) is 0 Å². The van der Waals surface area contributed by atoms with E-state index >= 15 is 0 Å². The number of pyridine rings is 1. The zero-order valence-corrected chi connectivity index (χ0v) is 23.6. The Hall–Kier alpha value is -2.65. The Morgan fingerprint density at radius 2 is 1.56 bits per heavy atom. The number of aryl methyl sites for hydroxylation is 3. The molecule has 36 heavy (non-hydrogen) atoms. The smallest absolute Gasteiger partial charge is 0.128 e. The molecule has 3 heteroatoms. The molecule has 0 N–H and O–H groups in total. The van der Waals surface area contributed by atoms with Gasteiger partial charge in [0, 0.05) is 35.5 Å². The van der Waals surface area contributed by atoms with Crippen LogP contribution < -0.4 is 4.74 Å². The number of nitrogens with zero attached hydrogens (tertiary/aromatic N) is 2. The zero-order valence-electron chi connectivity index (χ0n) is 23.6. The van der Waals surface area contributed by atoms with Crippen molar-refractivity contribution in [2.75, 3.05) is 7.05 Å². The summed E-state index contributed by atoms with van der Waals surface area (Å²) in [7, 11) is 2.25. The van der Waals surface area contributed by atoms with Gasteiger partial charge in [-0.25, -0.2) is 0 Å². The van der Waals surface area contributed by atoms with Gasteiger partial charge in [-0.15, -0.1) is 0 Å². The number of ether oxygens (including phenoxy) is 1. The van der Waals surface area contributed by atoms with Crippen LogP contribution in [0.2, 0.25) is 0 Å². The number of hydrogen-bond acceptors (Lipinski definition) is 3. The topological polar surface area (TPSA) is 25.4 Å². The summed E-state index contributed by atoms with van der Waals surface area (Å²) in [6, 6.07) is 20.1. The van der Waals surface area contributed by atoms with Gasteiger partial charge in [0.2, 0.25) is 0 Å². The van der Waals surface area contributed by atoms with Gasteiger partial charge >= 0.3 is 0 Å². The first-order valence-corrected chi connectivity index (χ1v) is 13.9. The Morgan fingerprint density at radius 1 is 0.889 bits per heavy atom. The van der Waals surface area contributed by atoms with E-state index in [2.05, 4.69) is 108 Å². The van der Waals surface area contributed by atoms with Crippen molar-refractivity contribution >= 4 is 0 Å². The second-order valence-corrected chi connectivity index (χ2v) is 10.2. The summed E-state index contributed by atoms with van der Waals surface area (Å²) >= 11 is 0. The molecule has 0 amide bonds. The molecule has 1 aromatic heterocycles. The number of aromatic nitrogens is 1. The first kappa shape index (κ1) is 27.9. The fourth-order valence-corrected chi connectivity index (χ4v) is 5.19. The van der Waals surface area contributed by atoms with Gasteiger partial charge in [-0.05, 0) is 63.8 Å². The average molecular weight is 487 g/mol. The van der Waals surface area contributed by atoms with E-state index in [1.165, 1.54) is 47.1 Å². The molecule has 2 aromatic carbocycles. The van der Waals surface area contributed by atoms with Gasteiger partial charge in [0.1, 0.15) is 5.75 Å². The summed E-state index contributed by atoms with van der Waals surface area (Å²) in [6.07, 6.45) is 6.98. The largest absolute Gasteiger partial charge is 0.491 e. The molecule has 194 valence electrons. The molecule has 0 saturated heterocycles. The summed E-state index contributed by atoms with van der Waals surface area (Å²) in [4.78, 5) is 7.67. The maximum atomic E-state index is 6.45. The van der Waals surface area contributed by atoms with Crippen molar-refractivity contribution < 1.29 is 4.74 Å². The zero-order chi connectivity index (χ0) is 26.1. The average Bonchev–Trinajstić information content (AvgIpc) is 2.88. The highest BCUT2D eigenvalue weighted by Crippen LogP contribution is 2.35. The molecule has 1 atom stereocenters. The Balaban J connectivity index is 2.02. The lowest BCUT2D eigenvalue weighted by Crippen LogP contribution is -2.25. The minimum absolute atomic E-state index is 0.102. The second kappa shape index (κ2) is 13.6. The van der Waals surface area contributed by atoms with E-state index in [0.717, 1.165) is 42.9 Å². The lowest BCUT2D eigenvalue weighted by Gasteiger charge is -2.30. The third kappa shape index (κ3) is 6.97. The first-order valence-electron chi connectivity index (χ1n) is 13.9. The third-order valence-electron chi connectivity index (χ3n) is 7.11. The van der Waals surface area contributed by atoms with Crippen LogP contribution in [0.25, 0.3) is 11.3 Å². The molecular weight excluding hydrogens is 440 g/mol. The van der Waals surface area contributed by atoms with Gasteiger partial charge in [-0.3, -0.25) is 9.88 Å². The maximum absolute atomic E-state index is 6.45. The molecule has 0 aliphatic heterocycles. The highest BCUT2D eigenvalue weighted by molar-refractivity contribution is 5.70. The molecule has 3 aromatic rings. The first-order chi connectivity index (χ1) is 17.4. The van der Waals surface area contributed by atoms with Crippen LogP contribution in [-0.2, 0) is 19.4 Å². The molecule has 0 bridgehead atoms. The SMILES string of the molecule is CCCCCC(c1ccccc1)N(C)Cc1c(OC(C)C)cc(-c2c(CC)cccc2CC)nc1C. The van der Waals surface area contributed by atoms with Crippen molar-refractivity contribution in [3.8, 4) is 17.0 Å². The van der Waals surface area contributed by atoms with Crippen LogP contribution in [0.5, 0.6) is 5.75 Å². The van der Waals surface area contributed by atoms with Gasteiger partial charge < -0.3 is 4.74 Å². The highest BCUT2D eigenvalue weighted by atomic mass is 16.5. The van der Waals surface area contributed by atoms with Crippen molar-refractivity contribution in [3.63, 3.8) is 0 Å². The molecule has 3 rings (SSSR count). The van der Waals surface area contributed by atoms with Crippen molar-refractivity contribution in [1.82, 2.24) is 9.88 Å². The van der Waals surface area contributed by atoms with E-state index in [0.29, 0.717) is 6.04 Å². The van der Waals surface area contributed by atoms with Gasteiger partial charge in [0.05, 0.1) is 11.8 Å². The lowest BCUT2D eigenvalue weighted by molar-refractivity contribution is 0.205. The Morgan fingerprint density at radius 3 is 2.14 bits per heavy atom. The fraction of sp³-hybridized carbons (Fsp3) is 0.485. The molecular formula is C33H46N2O. The van der Waals surface area contributed by atoms with Crippen LogP contribution in [0.3, 0.4) is 0 Å². The van der Waals surface area contributed by atoms with Gasteiger partial charge in [0.15, 0.2) is 0 Å². The van der Waals surface area contributed by atoms with Crippen LogP contribution in [0.1, 0.15) is 94.3 Å². The predicted octanol–water partition coefficient (Wildman–Crippen LogP) is 8.72. The second-order valence-electron chi connectivity index (χ2n) is 10.2. The molecule has 0 fully saturated rings.